The summed E-state index contributed by atoms with van der Waals surface area (Å²) in [6, 6.07) is 6.45. The Balaban J connectivity index is 1.66. The number of rotatable bonds is 5. The molecule has 1 saturated heterocycles. The van der Waals surface area contributed by atoms with Crippen molar-refractivity contribution in [2.24, 2.45) is 0 Å². The number of carbonyl (C=O) groups is 1. The van der Waals surface area contributed by atoms with Crippen LogP contribution in [0.15, 0.2) is 29.9 Å². The molecule has 0 N–H and O–H groups in total. The Bertz CT molecular complexity index is 671. The number of anilines is 1. The minimum absolute atomic E-state index is 0.136. The smallest absolute Gasteiger partial charge is 0.265 e. The lowest BCUT2D eigenvalue weighted by Gasteiger charge is -2.35. The molecule has 2 aromatic rings. The van der Waals surface area contributed by atoms with E-state index in [0.29, 0.717) is 6.04 Å². The molecule has 0 aromatic carbocycles. The number of amides is 1. The predicted molar refractivity (Wildman–Crippen MR) is 97.7 cm³/mol. The van der Waals surface area contributed by atoms with E-state index in [4.69, 9.17) is 4.98 Å². The van der Waals surface area contributed by atoms with Gasteiger partial charge in [-0.2, -0.15) is 0 Å². The summed E-state index contributed by atoms with van der Waals surface area (Å²) in [6.45, 7) is 0.854. The zero-order chi connectivity index (χ0) is 16.9. The van der Waals surface area contributed by atoms with Crippen molar-refractivity contribution in [1.82, 2.24) is 14.9 Å². The van der Waals surface area contributed by atoms with Gasteiger partial charge in [0.15, 0.2) is 0 Å². The maximum atomic E-state index is 12.7. The number of thiazole rings is 1. The lowest BCUT2D eigenvalue weighted by atomic mass is 9.97. The van der Waals surface area contributed by atoms with E-state index in [9.17, 15) is 4.79 Å². The van der Waals surface area contributed by atoms with Crippen LogP contribution in [-0.2, 0) is 6.42 Å². The number of pyridine rings is 1. The Labute approximate surface area is 147 Å². The fraction of sp³-hybridized carbons (Fsp3) is 0.500. The number of hydrogen-bond acceptors (Lipinski definition) is 5. The molecule has 1 aliphatic rings. The zero-order valence-electron chi connectivity index (χ0n) is 14.3. The molecular formula is C18H24N4OS. The van der Waals surface area contributed by atoms with Gasteiger partial charge < -0.3 is 9.80 Å². The molecule has 3 rings (SSSR count). The number of aryl methyl sites for hydroxylation is 1. The summed E-state index contributed by atoms with van der Waals surface area (Å²) < 4.78 is 0. The van der Waals surface area contributed by atoms with E-state index >= 15 is 0 Å². The second-order valence-electron chi connectivity index (χ2n) is 6.43. The first kappa shape index (κ1) is 16.9. The zero-order valence-corrected chi connectivity index (χ0v) is 15.1. The molecule has 0 saturated carbocycles. The Kier molecular flexibility index (Phi) is 5.45. The van der Waals surface area contributed by atoms with Crippen LogP contribution in [0.4, 0.5) is 5.82 Å². The average molecular weight is 344 g/mol. The first-order chi connectivity index (χ1) is 11.6. The van der Waals surface area contributed by atoms with Gasteiger partial charge in [-0.05, 0) is 44.2 Å². The molecule has 5 nitrogen and oxygen atoms in total. The molecule has 1 fully saturated rings. The van der Waals surface area contributed by atoms with Gasteiger partial charge in [-0.15, -0.1) is 11.3 Å². The van der Waals surface area contributed by atoms with Crippen molar-refractivity contribution in [3.63, 3.8) is 0 Å². The average Bonchev–Trinajstić information content (AvgIpc) is 3.14. The van der Waals surface area contributed by atoms with Crippen molar-refractivity contribution < 1.29 is 4.79 Å². The van der Waals surface area contributed by atoms with Crippen molar-refractivity contribution in [2.45, 2.75) is 38.1 Å². The maximum absolute atomic E-state index is 12.7. The van der Waals surface area contributed by atoms with Crippen LogP contribution in [0.2, 0.25) is 0 Å². The van der Waals surface area contributed by atoms with E-state index in [1.165, 1.54) is 17.8 Å². The molecule has 0 radical (unpaired) electrons. The van der Waals surface area contributed by atoms with Crippen LogP contribution in [0, 0.1) is 0 Å². The lowest BCUT2D eigenvalue weighted by Crippen LogP contribution is -2.43. The molecule has 0 bridgehead atoms. The van der Waals surface area contributed by atoms with Crippen LogP contribution in [0.5, 0.6) is 0 Å². The predicted octanol–water partition coefficient (Wildman–Crippen LogP) is 3.23. The summed E-state index contributed by atoms with van der Waals surface area (Å²) in [5, 5.41) is 0. The fourth-order valence-corrected chi connectivity index (χ4v) is 3.78. The Morgan fingerprint density at radius 2 is 2.25 bits per heavy atom. The molecule has 1 atom stereocenters. The normalized spacial score (nSPS) is 17.8. The molecular weight excluding hydrogens is 320 g/mol. The highest BCUT2D eigenvalue weighted by Gasteiger charge is 2.28. The highest BCUT2D eigenvalue weighted by atomic mass is 32.1. The largest absolute Gasteiger partial charge is 0.363 e. The monoisotopic (exact) mass is 344 g/mol. The minimum atomic E-state index is 0.136. The SMILES string of the molecule is CN(C)c1cccc(CCC2CCCCN2C(=O)c2cncs2)n1. The van der Waals surface area contributed by atoms with Gasteiger partial charge in [0.2, 0.25) is 0 Å². The van der Waals surface area contributed by atoms with E-state index < -0.39 is 0 Å². The quantitative estimate of drug-likeness (QED) is 0.835. The Morgan fingerprint density at radius 1 is 1.38 bits per heavy atom. The van der Waals surface area contributed by atoms with Gasteiger partial charge in [0.05, 0.1) is 11.7 Å². The molecule has 24 heavy (non-hydrogen) atoms. The van der Waals surface area contributed by atoms with Gasteiger partial charge in [0.1, 0.15) is 10.7 Å². The Morgan fingerprint density at radius 3 is 3.00 bits per heavy atom. The molecule has 2 aromatic heterocycles. The third-order valence-corrected chi connectivity index (χ3v) is 5.28. The first-order valence-corrected chi connectivity index (χ1v) is 9.36. The number of aromatic nitrogens is 2. The van der Waals surface area contributed by atoms with Crippen molar-refractivity contribution in [1.29, 1.82) is 0 Å². The van der Waals surface area contributed by atoms with Crippen LogP contribution >= 0.6 is 11.3 Å². The summed E-state index contributed by atoms with van der Waals surface area (Å²) in [4.78, 5) is 26.2. The summed E-state index contributed by atoms with van der Waals surface area (Å²) >= 11 is 1.43. The van der Waals surface area contributed by atoms with Gasteiger partial charge in [0.25, 0.3) is 5.91 Å². The van der Waals surface area contributed by atoms with Gasteiger partial charge in [-0.25, -0.2) is 4.98 Å². The highest BCUT2D eigenvalue weighted by Crippen LogP contribution is 2.24. The van der Waals surface area contributed by atoms with Crippen molar-refractivity contribution >= 4 is 23.1 Å². The van der Waals surface area contributed by atoms with Crippen LogP contribution in [0.3, 0.4) is 0 Å². The third kappa shape index (κ3) is 3.93. The molecule has 3 heterocycles. The first-order valence-electron chi connectivity index (χ1n) is 8.48. The molecule has 6 heteroatoms. The van der Waals surface area contributed by atoms with E-state index in [-0.39, 0.29) is 5.91 Å². The summed E-state index contributed by atoms with van der Waals surface area (Å²) in [5.74, 6) is 1.12. The fourth-order valence-electron chi connectivity index (χ4n) is 3.20. The van der Waals surface area contributed by atoms with E-state index in [0.717, 1.165) is 48.6 Å². The molecule has 1 amide bonds. The summed E-state index contributed by atoms with van der Waals surface area (Å²) in [7, 11) is 4.01. The topological polar surface area (TPSA) is 49.3 Å². The molecule has 1 unspecified atom stereocenters. The van der Waals surface area contributed by atoms with Gasteiger partial charge in [0, 0.05) is 32.4 Å². The van der Waals surface area contributed by atoms with E-state index in [2.05, 4.69) is 17.1 Å². The van der Waals surface area contributed by atoms with Crippen LogP contribution < -0.4 is 4.90 Å². The molecule has 0 spiro atoms. The number of carbonyl (C=O) groups excluding carboxylic acids is 1. The standard InChI is InChI=1S/C18H24N4OS/c1-21(2)17-8-5-6-14(20-17)9-10-15-7-3-4-11-22(15)18(23)16-12-19-13-24-16/h5-6,8,12-13,15H,3-4,7,9-11H2,1-2H3. The van der Waals surface area contributed by atoms with Crippen LogP contribution in [0.1, 0.15) is 41.0 Å². The second kappa shape index (κ2) is 7.75. The lowest BCUT2D eigenvalue weighted by molar-refractivity contribution is 0.0606. The van der Waals surface area contributed by atoms with Crippen LogP contribution in [0.25, 0.3) is 0 Å². The third-order valence-electron chi connectivity index (χ3n) is 4.52. The second-order valence-corrected chi connectivity index (χ2v) is 7.32. The Hall–Kier alpha value is -1.95. The van der Waals surface area contributed by atoms with E-state index in [1.807, 2.05) is 30.0 Å². The highest BCUT2D eigenvalue weighted by molar-refractivity contribution is 7.11. The molecule has 1 aliphatic heterocycles. The number of hydrogen-bond donors (Lipinski definition) is 0. The minimum Gasteiger partial charge on any atom is -0.363 e. The summed E-state index contributed by atoms with van der Waals surface area (Å²) in [6.07, 6.45) is 6.92. The molecule has 0 aliphatic carbocycles. The van der Waals surface area contributed by atoms with Gasteiger partial charge in [-0.1, -0.05) is 6.07 Å². The number of piperidine rings is 1. The summed E-state index contributed by atoms with van der Waals surface area (Å²) in [5.41, 5.74) is 2.82. The molecule has 128 valence electrons. The van der Waals surface area contributed by atoms with Crippen molar-refractivity contribution in [3.05, 3.63) is 40.5 Å². The van der Waals surface area contributed by atoms with Gasteiger partial charge in [-0.3, -0.25) is 9.78 Å². The van der Waals surface area contributed by atoms with E-state index in [1.54, 1.807) is 11.7 Å². The maximum Gasteiger partial charge on any atom is 0.265 e. The van der Waals surface area contributed by atoms with Gasteiger partial charge >= 0.3 is 0 Å². The van der Waals surface area contributed by atoms with Crippen molar-refractivity contribution in [2.75, 3.05) is 25.5 Å². The van der Waals surface area contributed by atoms with Crippen LogP contribution in [-0.4, -0.2) is 47.5 Å². The van der Waals surface area contributed by atoms with Crippen molar-refractivity contribution in [3.8, 4) is 0 Å². The number of nitrogens with zero attached hydrogens (tertiary/aromatic N) is 4. The number of likely N-dealkylation sites (tertiary alicyclic amines) is 1.